The summed E-state index contributed by atoms with van der Waals surface area (Å²) >= 11 is 3.23. The zero-order valence-electron chi connectivity index (χ0n) is 15.1. The van der Waals surface area contributed by atoms with Crippen molar-refractivity contribution in [3.05, 3.63) is 30.6 Å². The number of ether oxygens (including phenoxy) is 1. The maximum absolute atomic E-state index is 10.8. The van der Waals surface area contributed by atoms with Crippen LogP contribution in [0.5, 0.6) is 0 Å². The van der Waals surface area contributed by atoms with Crippen LogP contribution in [-0.2, 0) is 15.8 Å². The molecule has 0 radical (unpaired) electrons. The van der Waals surface area contributed by atoms with Gasteiger partial charge in [-0.3, -0.25) is 4.57 Å². The van der Waals surface area contributed by atoms with Crippen LogP contribution >= 0.6 is 31.1 Å². The van der Waals surface area contributed by atoms with Crippen molar-refractivity contribution < 1.29 is 19.1 Å². The summed E-state index contributed by atoms with van der Waals surface area (Å²) < 4.78 is 17.6. The lowest BCUT2D eigenvalue weighted by Crippen LogP contribution is -2.07. The molecule has 0 unspecified atom stereocenters. The first-order chi connectivity index (χ1) is 13.4. The van der Waals surface area contributed by atoms with Crippen molar-refractivity contribution in [3.8, 4) is 0 Å². The van der Waals surface area contributed by atoms with Crippen LogP contribution in [0.2, 0.25) is 0 Å². The topological polar surface area (TPSA) is 136 Å². The number of aromatic nitrogens is 4. The normalized spacial score (nSPS) is 12.0. The smallest absolute Gasteiger partial charge is 0.350 e. The number of imidazole rings is 1. The first-order valence-electron chi connectivity index (χ1n) is 8.37. The van der Waals surface area contributed by atoms with Gasteiger partial charge in [0.2, 0.25) is 5.95 Å². The Hall–Kier alpha value is -1.62. The van der Waals surface area contributed by atoms with Crippen molar-refractivity contribution in [3.63, 3.8) is 0 Å². The summed E-state index contributed by atoms with van der Waals surface area (Å²) in [6.07, 6.45) is 0.967. The van der Waals surface area contributed by atoms with E-state index in [1.807, 2.05) is 12.1 Å². The second-order valence-corrected chi connectivity index (χ2v) is 9.69. The zero-order valence-corrected chi connectivity index (χ0v) is 17.6. The van der Waals surface area contributed by atoms with Crippen molar-refractivity contribution in [1.29, 1.82) is 0 Å². The number of anilines is 1. The van der Waals surface area contributed by atoms with Crippen LogP contribution in [0.1, 0.15) is 6.92 Å². The van der Waals surface area contributed by atoms with Gasteiger partial charge < -0.3 is 24.8 Å². The lowest BCUT2D eigenvalue weighted by molar-refractivity contribution is 0.149. The van der Waals surface area contributed by atoms with Crippen LogP contribution in [0.25, 0.3) is 11.2 Å². The Morgan fingerprint density at radius 2 is 1.93 bits per heavy atom. The summed E-state index contributed by atoms with van der Waals surface area (Å²) in [5.41, 5.74) is 7.03. The first kappa shape index (κ1) is 21.1. The molecule has 2 heterocycles. The average Bonchev–Trinajstić information content (AvgIpc) is 3.03. The molecule has 4 N–H and O–H groups in total. The molecule has 0 atom stereocenters. The molecule has 150 valence electrons. The van der Waals surface area contributed by atoms with Gasteiger partial charge in [-0.1, -0.05) is 18.7 Å². The molecule has 9 nitrogen and oxygen atoms in total. The second-order valence-electron chi connectivity index (χ2n) is 5.71. The molecule has 0 amide bonds. The Labute approximate surface area is 170 Å². The van der Waals surface area contributed by atoms with E-state index in [1.54, 1.807) is 22.7 Å². The van der Waals surface area contributed by atoms with Gasteiger partial charge in [-0.05, 0) is 30.0 Å². The quantitative estimate of drug-likeness (QED) is 0.197. The second kappa shape index (κ2) is 9.25. The molecule has 2 aromatic heterocycles. The highest BCUT2D eigenvalue weighted by atomic mass is 32.2. The number of hydrogen-bond acceptors (Lipinski definition) is 8. The van der Waals surface area contributed by atoms with E-state index in [2.05, 4.69) is 34.0 Å². The van der Waals surface area contributed by atoms with Gasteiger partial charge >= 0.3 is 7.60 Å². The first-order valence-corrected chi connectivity index (χ1v) is 12.0. The van der Waals surface area contributed by atoms with Crippen LogP contribution in [0, 0.1) is 0 Å². The summed E-state index contributed by atoms with van der Waals surface area (Å²) in [5.74, 6) is 1.15. The van der Waals surface area contributed by atoms with Crippen molar-refractivity contribution in [2.24, 2.45) is 0 Å². The molecular formula is C16H20N5O4PS2. The highest BCUT2D eigenvalue weighted by molar-refractivity contribution is 7.99. The predicted molar refractivity (Wildman–Crippen MR) is 110 cm³/mol. The van der Waals surface area contributed by atoms with Crippen LogP contribution in [0.4, 0.5) is 5.95 Å². The summed E-state index contributed by atoms with van der Waals surface area (Å²) in [5, 5.41) is 0.647. The van der Waals surface area contributed by atoms with Crippen molar-refractivity contribution in [2.75, 3.05) is 24.4 Å². The largest absolute Gasteiger partial charge is 0.368 e. The Bertz CT molecular complexity index is 993. The molecule has 28 heavy (non-hydrogen) atoms. The standard InChI is InChI=1S/C16H20N5O4PS2/c1-2-27-11-3-5-12(6-4-11)28-15-13-14(19-16(17)20-15)21(9-18-13)7-8-25-10-26(22,23)24/h3-6,9H,2,7-8,10H2,1H3,(H2,17,19,20)(H2,22,23,24). The number of thioether (sulfide) groups is 1. The molecule has 0 bridgehead atoms. The van der Waals surface area contributed by atoms with Gasteiger partial charge in [0.15, 0.2) is 5.65 Å². The summed E-state index contributed by atoms with van der Waals surface area (Å²) in [7, 11) is -4.18. The Morgan fingerprint density at radius 3 is 2.61 bits per heavy atom. The van der Waals surface area contributed by atoms with E-state index in [1.165, 1.54) is 16.7 Å². The molecule has 3 rings (SSSR count). The number of nitrogens with zero attached hydrogens (tertiary/aromatic N) is 4. The molecule has 0 saturated carbocycles. The lowest BCUT2D eigenvalue weighted by Gasteiger charge is -2.08. The van der Waals surface area contributed by atoms with Gasteiger partial charge in [0.05, 0.1) is 12.9 Å². The number of nitrogens with two attached hydrogens (primary N) is 1. The van der Waals surface area contributed by atoms with Crippen molar-refractivity contribution in [2.45, 2.75) is 28.3 Å². The van der Waals surface area contributed by atoms with Gasteiger partial charge in [-0.2, -0.15) is 4.98 Å². The van der Waals surface area contributed by atoms with Crippen molar-refractivity contribution in [1.82, 2.24) is 19.5 Å². The monoisotopic (exact) mass is 441 g/mol. The number of fused-ring (bicyclic) bond motifs is 1. The number of benzene rings is 1. The summed E-state index contributed by atoms with van der Waals surface area (Å²) in [4.78, 5) is 32.8. The van der Waals surface area contributed by atoms with Crippen molar-refractivity contribution >= 4 is 48.2 Å². The molecule has 0 saturated heterocycles. The minimum Gasteiger partial charge on any atom is -0.368 e. The predicted octanol–water partition coefficient (Wildman–Crippen LogP) is 2.82. The number of nitrogen functional groups attached to an aromatic ring is 1. The molecule has 0 aliphatic rings. The molecule has 0 spiro atoms. The van der Waals surface area contributed by atoms with E-state index in [4.69, 9.17) is 20.3 Å². The van der Waals surface area contributed by atoms with Crippen LogP contribution < -0.4 is 5.73 Å². The van der Waals surface area contributed by atoms with Gasteiger partial charge in [0.25, 0.3) is 0 Å². The summed E-state index contributed by atoms with van der Waals surface area (Å²) in [6, 6.07) is 8.18. The molecule has 0 aliphatic carbocycles. The number of hydrogen-bond donors (Lipinski definition) is 3. The fourth-order valence-corrected chi connectivity index (χ4v) is 4.30. The Morgan fingerprint density at radius 1 is 1.21 bits per heavy atom. The van der Waals surface area contributed by atoms with Gasteiger partial charge in [0.1, 0.15) is 16.9 Å². The minimum absolute atomic E-state index is 0.111. The van der Waals surface area contributed by atoms with Crippen LogP contribution in [-0.4, -0.2) is 48.0 Å². The molecule has 0 aliphatic heterocycles. The maximum atomic E-state index is 10.8. The Balaban J connectivity index is 1.76. The van der Waals surface area contributed by atoms with E-state index >= 15 is 0 Å². The number of rotatable bonds is 9. The summed E-state index contributed by atoms with van der Waals surface area (Å²) in [6.45, 7) is 2.56. The third-order valence-electron chi connectivity index (χ3n) is 3.53. The molecule has 3 aromatic rings. The van der Waals surface area contributed by atoms with Gasteiger partial charge in [-0.25, -0.2) is 9.97 Å². The third-order valence-corrected chi connectivity index (χ3v) is 5.93. The van der Waals surface area contributed by atoms with Gasteiger partial charge in [0, 0.05) is 16.3 Å². The Kier molecular flexibility index (Phi) is 6.97. The molecular weight excluding hydrogens is 421 g/mol. The van der Waals surface area contributed by atoms with Crippen LogP contribution in [0.15, 0.2) is 45.4 Å². The lowest BCUT2D eigenvalue weighted by atomic mass is 10.4. The van der Waals surface area contributed by atoms with Crippen LogP contribution in [0.3, 0.4) is 0 Å². The molecule has 1 aromatic carbocycles. The minimum atomic E-state index is -4.18. The highest BCUT2D eigenvalue weighted by Gasteiger charge is 2.15. The zero-order chi connectivity index (χ0) is 20.1. The average molecular weight is 441 g/mol. The molecule has 12 heteroatoms. The van der Waals surface area contributed by atoms with E-state index in [-0.39, 0.29) is 12.6 Å². The van der Waals surface area contributed by atoms with E-state index in [0.717, 1.165) is 10.6 Å². The highest BCUT2D eigenvalue weighted by Crippen LogP contribution is 2.34. The van der Waals surface area contributed by atoms with Gasteiger partial charge in [-0.15, -0.1) is 11.8 Å². The maximum Gasteiger partial charge on any atom is 0.350 e. The third kappa shape index (κ3) is 5.69. The van der Waals surface area contributed by atoms with E-state index in [9.17, 15) is 4.57 Å². The fourth-order valence-electron chi connectivity index (χ4n) is 2.40. The van der Waals surface area contributed by atoms with E-state index in [0.29, 0.717) is 22.7 Å². The SMILES string of the molecule is CCSc1ccc(Sc2nc(N)nc3c2ncn3CCOCP(=O)(O)O)cc1. The fraction of sp³-hybridized carbons (Fsp3) is 0.312. The molecule has 0 fully saturated rings. The van der Waals surface area contributed by atoms with E-state index < -0.39 is 13.9 Å².